The molecule has 0 fully saturated rings. The van der Waals surface area contributed by atoms with Crippen LogP contribution >= 0.6 is 0 Å². The average Bonchev–Trinajstić information content (AvgIpc) is 3.47. The fourth-order valence-electron chi connectivity index (χ4n) is 3.78. The van der Waals surface area contributed by atoms with Crippen LogP contribution in [0.25, 0.3) is 11.3 Å². The minimum Gasteiger partial charge on any atom is -0.489 e. The van der Waals surface area contributed by atoms with Gasteiger partial charge in [0.25, 0.3) is 0 Å². The molecule has 3 aromatic rings. The van der Waals surface area contributed by atoms with Crippen molar-refractivity contribution in [1.82, 2.24) is 14.7 Å². The summed E-state index contributed by atoms with van der Waals surface area (Å²) in [6.07, 6.45) is 8.43. The topological polar surface area (TPSA) is 105 Å². The molecule has 0 unspecified atom stereocenters. The number of nitro groups is 1. The second kappa shape index (κ2) is 9.42. The molecule has 1 aliphatic rings. The van der Waals surface area contributed by atoms with Gasteiger partial charge in [-0.1, -0.05) is 37.8 Å². The van der Waals surface area contributed by atoms with Gasteiger partial charge in [0.15, 0.2) is 5.60 Å². The number of aromatic nitrogens is 3. The van der Waals surface area contributed by atoms with Crippen LogP contribution in [-0.4, -0.2) is 31.8 Å². The Bertz CT molecular complexity index is 1030. The minimum atomic E-state index is -0.645. The van der Waals surface area contributed by atoms with Crippen molar-refractivity contribution in [2.24, 2.45) is 0 Å². The van der Waals surface area contributed by atoms with Gasteiger partial charge >= 0.3 is 11.8 Å². The van der Waals surface area contributed by atoms with Gasteiger partial charge in [0.1, 0.15) is 30.0 Å². The molecule has 1 atom stereocenters. The third-order valence-electron chi connectivity index (χ3n) is 5.54. The molecule has 4 rings (SSSR count). The first-order valence-electron chi connectivity index (χ1n) is 11.1. The van der Waals surface area contributed by atoms with Crippen molar-refractivity contribution in [2.45, 2.75) is 64.5 Å². The molecule has 0 spiro atoms. The van der Waals surface area contributed by atoms with Crippen molar-refractivity contribution < 1.29 is 18.9 Å². The lowest BCUT2D eigenvalue weighted by Crippen LogP contribution is -2.38. The molecule has 3 heterocycles. The van der Waals surface area contributed by atoms with Gasteiger partial charge in [-0.25, -0.2) is 0 Å². The molecule has 0 aliphatic carbocycles. The van der Waals surface area contributed by atoms with Crippen LogP contribution in [0.1, 0.15) is 51.7 Å². The molecule has 0 saturated heterocycles. The number of ether oxygens (including phenoxy) is 2. The second-order valence-corrected chi connectivity index (χ2v) is 8.47. The Morgan fingerprint density at radius 3 is 2.72 bits per heavy atom. The van der Waals surface area contributed by atoms with Crippen LogP contribution in [0.15, 0.2) is 41.1 Å². The summed E-state index contributed by atoms with van der Waals surface area (Å²) in [6.45, 7) is 4.82. The predicted octanol–water partition coefficient (Wildman–Crippen LogP) is 5.19. The number of nitrogens with zero attached hydrogens (tertiary/aromatic N) is 4. The first kappa shape index (κ1) is 21.9. The molecule has 0 radical (unpaired) electrons. The number of rotatable bonds is 11. The van der Waals surface area contributed by atoms with Crippen LogP contribution in [0, 0.1) is 10.1 Å². The van der Waals surface area contributed by atoms with E-state index in [1.807, 2.05) is 37.3 Å². The molecule has 170 valence electrons. The van der Waals surface area contributed by atoms with Gasteiger partial charge in [-0.05, 0) is 42.5 Å². The van der Waals surface area contributed by atoms with Crippen LogP contribution in [0.2, 0.25) is 0 Å². The lowest BCUT2D eigenvalue weighted by atomic mass is 10.1. The molecule has 0 bridgehead atoms. The van der Waals surface area contributed by atoms with Crippen molar-refractivity contribution in [3.05, 3.63) is 52.4 Å². The van der Waals surface area contributed by atoms with Gasteiger partial charge in [0.05, 0.1) is 6.54 Å². The Hall–Kier alpha value is -3.36. The number of fused-ring (bicyclic) bond motifs is 1. The van der Waals surface area contributed by atoms with E-state index in [1.54, 1.807) is 4.57 Å². The third kappa shape index (κ3) is 5.09. The number of benzene rings is 1. The highest BCUT2D eigenvalue weighted by Gasteiger charge is 2.41. The normalized spacial score (nSPS) is 17.2. The van der Waals surface area contributed by atoms with Crippen molar-refractivity contribution in [1.29, 1.82) is 0 Å². The molecule has 0 N–H and O–H groups in total. The van der Waals surface area contributed by atoms with E-state index in [4.69, 9.17) is 14.0 Å². The Kier molecular flexibility index (Phi) is 6.43. The lowest BCUT2D eigenvalue weighted by molar-refractivity contribution is -0.389. The first-order valence-corrected chi connectivity index (χ1v) is 11.1. The smallest absolute Gasteiger partial charge is 0.415 e. The van der Waals surface area contributed by atoms with Crippen molar-refractivity contribution in [3.63, 3.8) is 0 Å². The maximum absolute atomic E-state index is 10.8. The SMILES string of the molecule is CCCCCCCc1cc(-c2ccc(OC[C@@]3(C)Cn4cc([N+](=O)[O-])nc4O3)cc2)no1. The highest BCUT2D eigenvalue weighted by atomic mass is 16.6. The van der Waals surface area contributed by atoms with Gasteiger partial charge in [0.2, 0.25) is 0 Å². The molecule has 1 aromatic carbocycles. The highest BCUT2D eigenvalue weighted by Crippen LogP contribution is 2.31. The summed E-state index contributed by atoms with van der Waals surface area (Å²) < 4.78 is 18.8. The molecule has 32 heavy (non-hydrogen) atoms. The predicted molar refractivity (Wildman–Crippen MR) is 118 cm³/mol. The van der Waals surface area contributed by atoms with E-state index in [0.29, 0.717) is 12.3 Å². The number of aryl methyl sites for hydroxylation is 1. The number of hydrogen-bond acceptors (Lipinski definition) is 7. The molecule has 2 aromatic heterocycles. The number of hydrogen-bond donors (Lipinski definition) is 0. The average molecular weight is 441 g/mol. The summed E-state index contributed by atoms with van der Waals surface area (Å²) in [5.41, 5.74) is 1.14. The highest BCUT2D eigenvalue weighted by molar-refractivity contribution is 5.59. The van der Waals surface area contributed by atoms with E-state index < -0.39 is 10.5 Å². The van der Waals surface area contributed by atoms with Gasteiger partial charge in [-0.2, -0.15) is 0 Å². The second-order valence-electron chi connectivity index (χ2n) is 8.47. The summed E-state index contributed by atoms with van der Waals surface area (Å²) in [5.74, 6) is 1.40. The zero-order valence-electron chi connectivity index (χ0n) is 18.5. The summed E-state index contributed by atoms with van der Waals surface area (Å²) in [5, 5.41) is 15.0. The summed E-state index contributed by atoms with van der Waals surface area (Å²) in [7, 11) is 0. The van der Waals surface area contributed by atoms with E-state index in [1.165, 1.54) is 31.9 Å². The maximum atomic E-state index is 10.8. The van der Waals surface area contributed by atoms with Gasteiger partial charge in [-0.3, -0.25) is 4.57 Å². The zero-order valence-corrected chi connectivity index (χ0v) is 18.5. The Morgan fingerprint density at radius 2 is 2.00 bits per heavy atom. The standard InChI is InChI=1S/C23H28N4O5/c1-3-4-5-6-7-8-19-13-20(25-32-19)17-9-11-18(12-10-17)30-16-23(2)15-26-14-21(27(28)29)24-22(26)31-23/h9-14H,3-8,15-16H2,1-2H3/t23-/m1/s1. The van der Waals surface area contributed by atoms with Crippen molar-refractivity contribution >= 4 is 5.82 Å². The van der Waals surface area contributed by atoms with Crippen molar-refractivity contribution in [3.8, 4) is 23.0 Å². The number of imidazole rings is 1. The molecular weight excluding hydrogens is 412 g/mol. The van der Waals surface area contributed by atoms with Crippen LogP contribution in [0.4, 0.5) is 5.82 Å². The van der Waals surface area contributed by atoms with E-state index in [2.05, 4.69) is 17.1 Å². The maximum Gasteiger partial charge on any atom is 0.415 e. The summed E-state index contributed by atoms with van der Waals surface area (Å²) >= 11 is 0. The molecule has 1 aliphatic heterocycles. The first-order chi connectivity index (χ1) is 15.5. The fraction of sp³-hybridized carbons (Fsp3) is 0.478. The largest absolute Gasteiger partial charge is 0.489 e. The van der Waals surface area contributed by atoms with E-state index in [-0.39, 0.29) is 18.4 Å². The Balaban J connectivity index is 1.28. The number of unbranched alkanes of at least 4 members (excludes halogenated alkanes) is 4. The van der Waals surface area contributed by atoms with Crippen LogP contribution in [0.5, 0.6) is 11.8 Å². The molecule has 0 amide bonds. The minimum absolute atomic E-state index is 0.217. The van der Waals surface area contributed by atoms with Gasteiger partial charge in [-0.15, -0.1) is 0 Å². The van der Waals surface area contributed by atoms with Crippen LogP contribution < -0.4 is 9.47 Å². The van der Waals surface area contributed by atoms with Gasteiger partial charge in [0, 0.05) is 23.0 Å². The molecule has 9 heteroatoms. The van der Waals surface area contributed by atoms with Crippen LogP contribution in [-0.2, 0) is 13.0 Å². The monoisotopic (exact) mass is 440 g/mol. The fourth-order valence-corrected chi connectivity index (χ4v) is 3.78. The zero-order chi connectivity index (χ0) is 22.6. The third-order valence-corrected chi connectivity index (χ3v) is 5.54. The summed E-state index contributed by atoms with van der Waals surface area (Å²) in [6, 6.07) is 9.91. The molecular formula is C23H28N4O5. The Labute approximate surface area is 186 Å². The van der Waals surface area contributed by atoms with E-state index >= 15 is 0 Å². The molecule has 0 saturated carbocycles. The summed E-state index contributed by atoms with van der Waals surface area (Å²) in [4.78, 5) is 14.2. The van der Waals surface area contributed by atoms with E-state index in [9.17, 15) is 10.1 Å². The van der Waals surface area contributed by atoms with E-state index in [0.717, 1.165) is 29.9 Å². The van der Waals surface area contributed by atoms with Gasteiger partial charge < -0.3 is 24.1 Å². The van der Waals surface area contributed by atoms with Crippen LogP contribution in [0.3, 0.4) is 0 Å². The molecule has 9 nitrogen and oxygen atoms in total. The Morgan fingerprint density at radius 1 is 1.22 bits per heavy atom. The van der Waals surface area contributed by atoms with Crippen molar-refractivity contribution in [2.75, 3.05) is 6.61 Å². The lowest BCUT2D eigenvalue weighted by Gasteiger charge is -2.22. The quantitative estimate of drug-likeness (QED) is 0.229.